The summed E-state index contributed by atoms with van der Waals surface area (Å²) in [6.45, 7) is 6.61. The molecule has 6 nitrogen and oxygen atoms in total. The largest absolute Gasteiger partial charge is 0.339 e. The molecule has 1 aliphatic heterocycles. The maximum Gasteiger partial charge on any atom is 0.223 e. The predicted octanol–water partition coefficient (Wildman–Crippen LogP) is 3.00. The Morgan fingerprint density at radius 3 is 2.04 bits per heavy atom. The van der Waals surface area contributed by atoms with E-state index < -0.39 is 0 Å². The number of piperazine rings is 1. The minimum Gasteiger partial charge on any atom is -0.339 e. The van der Waals surface area contributed by atoms with Gasteiger partial charge in [-0.2, -0.15) is 0 Å². The van der Waals surface area contributed by atoms with Gasteiger partial charge in [-0.05, 0) is 50.8 Å². The van der Waals surface area contributed by atoms with Crippen molar-refractivity contribution in [3.05, 3.63) is 17.0 Å². The van der Waals surface area contributed by atoms with Gasteiger partial charge in [0.05, 0.1) is 0 Å². The molecule has 2 amide bonds. The van der Waals surface area contributed by atoms with Crippen LogP contribution in [0.25, 0.3) is 0 Å². The van der Waals surface area contributed by atoms with E-state index >= 15 is 0 Å². The topological polar surface area (TPSA) is 66.4 Å². The molecule has 0 aromatic carbocycles. The van der Waals surface area contributed by atoms with E-state index in [4.69, 9.17) is 0 Å². The molecule has 0 bridgehead atoms. The van der Waals surface area contributed by atoms with E-state index in [0.717, 1.165) is 22.1 Å². The van der Waals surface area contributed by atoms with Crippen molar-refractivity contribution in [2.24, 2.45) is 5.92 Å². The Kier molecular flexibility index (Phi) is 7.32. The van der Waals surface area contributed by atoms with E-state index in [1.54, 1.807) is 0 Å². The van der Waals surface area contributed by atoms with Gasteiger partial charge in [-0.3, -0.25) is 9.59 Å². The van der Waals surface area contributed by atoms with Crippen molar-refractivity contribution in [2.75, 3.05) is 32.4 Å². The fraction of sp³-hybridized carbons (Fsp3) is 0.714. The summed E-state index contributed by atoms with van der Waals surface area (Å²) in [7, 11) is 0. The van der Waals surface area contributed by atoms with E-state index in [1.165, 1.54) is 37.4 Å². The highest BCUT2D eigenvalue weighted by molar-refractivity contribution is 7.98. The van der Waals surface area contributed by atoms with E-state index in [-0.39, 0.29) is 11.8 Å². The number of amides is 2. The highest BCUT2D eigenvalue weighted by atomic mass is 32.2. The normalized spacial score (nSPS) is 18.0. The van der Waals surface area contributed by atoms with Gasteiger partial charge in [0.25, 0.3) is 0 Å². The smallest absolute Gasteiger partial charge is 0.223 e. The van der Waals surface area contributed by atoms with Crippen LogP contribution in [-0.4, -0.2) is 64.0 Å². The number of hydrogen-bond acceptors (Lipinski definition) is 5. The average molecular weight is 405 g/mol. The van der Waals surface area contributed by atoms with Crippen LogP contribution in [0.3, 0.4) is 0 Å². The van der Waals surface area contributed by atoms with Crippen LogP contribution in [0.15, 0.2) is 5.16 Å². The second kappa shape index (κ2) is 9.72. The Bertz CT molecular complexity index is 687. The van der Waals surface area contributed by atoms with E-state index in [2.05, 4.69) is 9.97 Å². The Balaban J connectivity index is 1.46. The summed E-state index contributed by atoms with van der Waals surface area (Å²) in [5.41, 5.74) is 3.01. The van der Waals surface area contributed by atoms with Gasteiger partial charge in [0.15, 0.2) is 5.16 Å². The van der Waals surface area contributed by atoms with Crippen LogP contribution in [0, 0.1) is 19.8 Å². The number of aryl methyl sites for hydroxylation is 2. The summed E-state index contributed by atoms with van der Waals surface area (Å²) in [6.07, 6.45) is 8.74. The fourth-order valence-corrected chi connectivity index (χ4v) is 4.80. The number of rotatable bonds is 6. The second-order valence-corrected chi connectivity index (χ2v) is 8.75. The number of thioether (sulfide) groups is 1. The van der Waals surface area contributed by atoms with E-state index in [9.17, 15) is 9.59 Å². The average Bonchev–Trinajstić information content (AvgIpc) is 3.20. The quantitative estimate of drug-likeness (QED) is 0.539. The number of carbonyl (C=O) groups is 2. The zero-order valence-corrected chi connectivity index (χ0v) is 18.2. The first-order chi connectivity index (χ1) is 13.5. The molecule has 1 saturated carbocycles. The third kappa shape index (κ3) is 5.25. The van der Waals surface area contributed by atoms with Crippen molar-refractivity contribution in [2.45, 2.75) is 63.9 Å². The lowest BCUT2D eigenvalue weighted by Gasteiger charge is -2.35. The molecule has 2 heterocycles. The highest BCUT2D eigenvalue weighted by Gasteiger charge is 2.26. The maximum atomic E-state index is 12.6. The Hall–Kier alpha value is -1.63. The second-order valence-electron chi connectivity index (χ2n) is 7.98. The number of hydrogen-bond donors (Lipinski definition) is 0. The number of nitrogens with zero attached hydrogens (tertiary/aromatic N) is 4. The Labute approximate surface area is 172 Å². The van der Waals surface area contributed by atoms with Gasteiger partial charge < -0.3 is 9.80 Å². The van der Waals surface area contributed by atoms with Gasteiger partial charge in [0.1, 0.15) is 0 Å². The van der Waals surface area contributed by atoms with Crippen LogP contribution in [0.5, 0.6) is 0 Å². The van der Waals surface area contributed by atoms with Crippen molar-refractivity contribution >= 4 is 23.6 Å². The first kappa shape index (κ1) is 21.1. The highest BCUT2D eigenvalue weighted by Crippen LogP contribution is 2.28. The lowest BCUT2D eigenvalue weighted by molar-refractivity contribution is -0.140. The summed E-state index contributed by atoms with van der Waals surface area (Å²) in [5.74, 6) is 1.02. The molecule has 7 heteroatoms. The zero-order valence-electron chi connectivity index (χ0n) is 17.4. The van der Waals surface area contributed by atoms with Crippen molar-refractivity contribution < 1.29 is 9.59 Å². The molecule has 0 atom stereocenters. The van der Waals surface area contributed by atoms with Gasteiger partial charge in [-0.15, -0.1) is 0 Å². The Morgan fingerprint density at radius 2 is 1.50 bits per heavy atom. The van der Waals surface area contributed by atoms with Crippen LogP contribution in [0.2, 0.25) is 0 Å². The summed E-state index contributed by atoms with van der Waals surface area (Å²) in [5, 5.41) is 0.781. The molecule has 0 unspecified atom stereocenters. The molecular weight excluding hydrogens is 372 g/mol. The van der Waals surface area contributed by atoms with E-state index in [1.807, 2.05) is 29.9 Å². The summed E-state index contributed by atoms with van der Waals surface area (Å²) in [4.78, 5) is 38.0. The number of carbonyl (C=O) groups excluding carboxylic acids is 2. The van der Waals surface area contributed by atoms with Gasteiger partial charge in [-0.25, -0.2) is 9.97 Å². The summed E-state index contributed by atoms with van der Waals surface area (Å²) < 4.78 is 0. The molecule has 28 heavy (non-hydrogen) atoms. The minimum absolute atomic E-state index is 0.163. The molecule has 0 N–H and O–H groups in total. The monoisotopic (exact) mass is 404 g/mol. The fourth-order valence-electron chi connectivity index (χ4n) is 4.35. The molecular formula is C21H32N4O2S. The van der Waals surface area contributed by atoms with Gasteiger partial charge in [0, 0.05) is 50.4 Å². The van der Waals surface area contributed by atoms with Crippen molar-refractivity contribution in [1.82, 2.24) is 19.8 Å². The standard InChI is InChI=1S/C21H32N4O2S/c1-15-18(16(2)23-21(22-15)28-3)8-9-19(26)24-10-12-25(13-11-24)20(27)14-17-6-4-5-7-17/h17H,4-14H2,1-3H3. The van der Waals surface area contributed by atoms with E-state index in [0.29, 0.717) is 51.4 Å². The first-order valence-corrected chi connectivity index (χ1v) is 11.6. The molecule has 1 aromatic heterocycles. The van der Waals surface area contributed by atoms with Crippen LogP contribution in [0.1, 0.15) is 55.5 Å². The molecule has 2 fully saturated rings. The van der Waals surface area contributed by atoms with Gasteiger partial charge in [-0.1, -0.05) is 24.6 Å². The molecule has 3 rings (SSSR count). The first-order valence-electron chi connectivity index (χ1n) is 10.4. The maximum absolute atomic E-state index is 12.6. The molecule has 1 aromatic rings. The molecule has 1 saturated heterocycles. The Morgan fingerprint density at radius 1 is 0.964 bits per heavy atom. The lowest BCUT2D eigenvalue weighted by atomic mass is 10.0. The molecule has 0 spiro atoms. The van der Waals surface area contributed by atoms with Gasteiger partial charge >= 0.3 is 0 Å². The minimum atomic E-state index is 0.163. The van der Waals surface area contributed by atoms with Gasteiger partial charge in [0.2, 0.25) is 11.8 Å². The predicted molar refractivity (Wildman–Crippen MR) is 111 cm³/mol. The van der Waals surface area contributed by atoms with Crippen molar-refractivity contribution in [3.8, 4) is 0 Å². The van der Waals surface area contributed by atoms with Crippen molar-refractivity contribution in [3.63, 3.8) is 0 Å². The molecule has 154 valence electrons. The summed E-state index contributed by atoms with van der Waals surface area (Å²) in [6, 6.07) is 0. The van der Waals surface area contributed by atoms with Crippen LogP contribution >= 0.6 is 11.8 Å². The third-order valence-corrected chi connectivity index (χ3v) is 6.64. The SMILES string of the molecule is CSc1nc(C)c(CCC(=O)N2CCN(C(=O)CC3CCCC3)CC2)c(C)n1. The third-order valence-electron chi connectivity index (χ3n) is 6.09. The molecule has 2 aliphatic rings. The zero-order chi connectivity index (χ0) is 20.1. The van der Waals surface area contributed by atoms with Crippen LogP contribution < -0.4 is 0 Å². The summed E-state index contributed by atoms with van der Waals surface area (Å²) >= 11 is 1.54. The molecule has 1 aliphatic carbocycles. The van der Waals surface area contributed by atoms with Crippen molar-refractivity contribution in [1.29, 1.82) is 0 Å². The van der Waals surface area contributed by atoms with Crippen LogP contribution in [0.4, 0.5) is 0 Å². The van der Waals surface area contributed by atoms with Crippen LogP contribution in [-0.2, 0) is 16.0 Å². The number of aromatic nitrogens is 2. The molecule has 0 radical (unpaired) electrons. The lowest BCUT2D eigenvalue weighted by Crippen LogP contribution is -2.50.